The van der Waals surface area contributed by atoms with Crippen molar-refractivity contribution in [3.05, 3.63) is 46.4 Å². The van der Waals surface area contributed by atoms with E-state index < -0.39 is 0 Å². The molecule has 4 rings (SSSR count). The fourth-order valence-corrected chi connectivity index (χ4v) is 2.74. The molecule has 27 heavy (non-hydrogen) atoms. The van der Waals surface area contributed by atoms with Gasteiger partial charge in [0.2, 0.25) is 5.13 Å². The highest BCUT2D eigenvalue weighted by Gasteiger charge is 2.18. The van der Waals surface area contributed by atoms with E-state index in [1.807, 2.05) is 6.92 Å². The van der Waals surface area contributed by atoms with E-state index in [1.54, 1.807) is 12.1 Å². The molecule has 140 valence electrons. The molecule has 0 aliphatic heterocycles. The molecule has 0 aromatic carbocycles. The van der Waals surface area contributed by atoms with Crippen LogP contribution in [0.2, 0.25) is 5.15 Å². The van der Waals surface area contributed by atoms with E-state index in [4.69, 9.17) is 16.3 Å². The van der Waals surface area contributed by atoms with Crippen molar-refractivity contribution in [1.82, 2.24) is 20.2 Å². The van der Waals surface area contributed by atoms with E-state index in [-0.39, 0.29) is 5.91 Å². The molecule has 3 aromatic rings. The molecule has 1 N–H and O–H groups in total. The molecule has 9 heteroatoms. The van der Waals surface area contributed by atoms with Crippen LogP contribution in [0.4, 0.5) is 5.13 Å². The van der Waals surface area contributed by atoms with Crippen LogP contribution in [0.1, 0.15) is 35.3 Å². The first-order valence-corrected chi connectivity index (χ1v) is 9.58. The zero-order valence-corrected chi connectivity index (χ0v) is 16.5. The average molecular weight is 404 g/mol. The SMILES string of the molecule is C1CC1.COc1cnc(Cl)cc1-c1cc(C)ncc1C(=O)Nc1nncs1. The highest BCUT2D eigenvalue weighted by Crippen LogP contribution is 2.34. The smallest absolute Gasteiger partial charge is 0.259 e. The van der Waals surface area contributed by atoms with Crippen LogP contribution in [0.25, 0.3) is 11.1 Å². The number of nitrogens with one attached hydrogen (secondary N) is 1. The van der Waals surface area contributed by atoms with Crippen molar-refractivity contribution in [2.45, 2.75) is 26.2 Å². The van der Waals surface area contributed by atoms with Crippen LogP contribution in [0.15, 0.2) is 30.0 Å². The lowest BCUT2D eigenvalue weighted by atomic mass is 10.0. The third-order valence-corrected chi connectivity index (χ3v) is 4.38. The van der Waals surface area contributed by atoms with Gasteiger partial charge in [-0.3, -0.25) is 15.1 Å². The quantitative estimate of drug-likeness (QED) is 0.650. The lowest BCUT2D eigenvalue weighted by molar-refractivity contribution is 0.102. The Morgan fingerprint density at radius 2 is 1.96 bits per heavy atom. The molecular formula is C18H18ClN5O2S. The molecule has 0 bridgehead atoms. The first kappa shape index (κ1) is 19.2. The van der Waals surface area contributed by atoms with Gasteiger partial charge in [-0.2, -0.15) is 0 Å². The lowest BCUT2D eigenvalue weighted by Crippen LogP contribution is -2.14. The van der Waals surface area contributed by atoms with Crippen LogP contribution in [-0.4, -0.2) is 33.2 Å². The number of carbonyl (C=O) groups excluding carboxylic acids is 1. The predicted octanol–water partition coefficient (Wildman–Crippen LogP) is 4.39. The minimum Gasteiger partial charge on any atom is -0.494 e. The maximum absolute atomic E-state index is 12.6. The van der Waals surface area contributed by atoms with Crippen molar-refractivity contribution in [3.63, 3.8) is 0 Å². The molecule has 0 spiro atoms. The van der Waals surface area contributed by atoms with Gasteiger partial charge in [-0.05, 0) is 19.1 Å². The minimum atomic E-state index is -0.343. The summed E-state index contributed by atoms with van der Waals surface area (Å²) in [6, 6.07) is 3.44. The van der Waals surface area contributed by atoms with E-state index in [0.29, 0.717) is 32.7 Å². The number of halogens is 1. The number of hydrogen-bond acceptors (Lipinski definition) is 7. The summed E-state index contributed by atoms with van der Waals surface area (Å²) in [5, 5.41) is 10.9. The third-order valence-electron chi connectivity index (χ3n) is 3.56. The van der Waals surface area contributed by atoms with Gasteiger partial charge < -0.3 is 4.74 Å². The normalized spacial score (nSPS) is 12.0. The monoisotopic (exact) mass is 403 g/mol. The van der Waals surface area contributed by atoms with Crippen LogP contribution in [0.5, 0.6) is 5.75 Å². The van der Waals surface area contributed by atoms with E-state index in [9.17, 15) is 4.79 Å². The Morgan fingerprint density at radius 3 is 2.59 bits per heavy atom. The van der Waals surface area contributed by atoms with Crippen molar-refractivity contribution in [2.24, 2.45) is 0 Å². The third kappa shape index (κ3) is 5.21. The number of aryl methyl sites for hydroxylation is 1. The molecule has 3 aromatic heterocycles. The van der Waals surface area contributed by atoms with Gasteiger partial charge in [-0.25, -0.2) is 4.98 Å². The summed E-state index contributed by atoms with van der Waals surface area (Å²) in [4.78, 5) is 20.8. The van der Waals surface area contributed by atoms with E-state index in [2.05, 4.69) is 25.5 Å². The summed E-state index contributed by atoms with van der Waals surface area (Å²) in [7, 11) is 1.53. The molecule has 1 fully saturated rings. The second-order valence-electron chi connectivity index (χ2n) is 5.84. The average Bonchev–Trinajstić information content (AvgIpc) is 3.47. The molecule has 1 amide bonds. The first-order chi connectivity index (χ1) is 13.1. The number of nitrogens with zero attached hydrogens (tertiary/aromatic N) is 4. The number of rotatable bonds is 4. The standard InChI is InChI=1S/C15H12ClN5O2S.C3H6/c1-8-3-9(10-4-13(16)18-6-12(10)23-2)11(5-17-8)14(22)20-15-21-19-7-24-15;1-2-3-1/h3-7H,1-2H3,(H,20,21,22);1-3H2. The molecular weight excluding hydrogens is 386 g/mol. The number of methoxy groups -OCH3 is 1. The van der Waals surface area contributed by atoms with Gasteiger partial charge >= 0.3 is 0 Å². The summed E-state index contributed by atoms with van der Waals surface area (Å²) in [5.74, 6) is 0.166. The van der Waals surface area contributed by atoms with Crippen molar-refractivity contribution in [1.29, 1.82) is 0 Å². The Balaban J connectivity index is 0.000000637. The number of aromatic nitrogens is 4. The zero-order valence-electron chi connectivity index (χ0n) is 14.9. The number of pyridine rings is 2. The van der Waals surface area contributed by atoms with Crippen LogP contribution in [0.3, 0.4) is 0 Å². The maximum atomic E-state index is 12.6. The predicted molar refractivity (Wildman–Crippen MR) is 105 cm³/mol. The van der Waals surface area contributed by atoms with Crippen molar-refractivity contribution >= 4 is 34.0 Å². The molecule has 0 unspecified atom stereocenters. The van der Waals surface area contributed by atoms with E-state index >= 15 is 0 Å². The highest BCUT2D eigenvalue weighted by molar-refractivity contribution is 7.13. The molecule has 0 atom stereocenters. The second-order valence-corrected chi connectivity index (χ2v) is 7.06. The lowest BCUT2D eigenvalue weighted by Gasteiger charge is -2.13. The number of hydrogen-bond donors (Lipinski definition) is 1. The number of ether oxygens (including phenoxy) is 1. The fraction of sp³-hybridized carbons (Fsp3) is 0.278. The van der Waals surface area contributed by atoms with E-state index in [0.717, 1.165) is 5.69 Å². The Morgan fingerprint density at radius 1 is 1.19 bits per heavy atom. The Hall–Kier alpha value is -2.58. The van der Waals surface area contributed by atoms with Gasteiger partial charge in [0.15, 0.2) is 0 Å². The summed E-state index contributed by atoms with van der Waals surface area (Å²) >= 11 is 7.24. The molecule has 7 nitrogen and oxygen atoms in total. The molecule has 0 saturated heterocycles. The second kappa shape index (κ2) is 8.88. The van der Waals surface area contributed by atoms with Gasteiger partial charge in [0.25, 0.3) is 5.91 Å². The summed E-state index contributed by atoms with van der Waals surface area (Å²) in [5.41, 5.74) is 3.97. The Bertz CT molecular complexity index is 929. The van der Waals surface area contributed by atoms with E-state index in [1.165, 1.54) is 55.6 Å². The fourth-order valence-electron chi connectivity index (χ4n) is 2.15. The van der Waals surface area contributed by atoms with Crippen LogP contribution < -0.4 is 10.1 Å². The molecule has 1 aliphatic rings. The summed E-state index contributed by atoms with van der Waals surface area (Å²) in [6.45, 7) is 1.84. The minimum absolute atomic E-state index is 0.302. The zero-order chi connectivity index (χ0) is 19.2. The summed E-state index contributed by atoms with van der Waals surface area (Å²) < 4.78 is 5.34. The number of amides is 1. The van der Waals surface area contributed by atoms with Gasteiger partial charge in [0, 0.05) is 23.0 Å². The molecule has 3 heterocycles. The number of carbonyl (C=O) groups is 1. The first-order valence-electron chi connectivity index (χ1n) is 8.32. The topological polar surface area (TPSA) is 89.9 Å². The van der Waals surface area contributed by atoms with Gasteiger partial charge in [-0.15, -0.1) is 10.2 Å². The summed E-state index contributed by atoms with van der Waals surface area (Å²) in [6.07, 6.45) is 7.52. The van der Waals surface area contributed by atoms with Crippen LogP contribution >= 0.6 is 22.9 Å². The maximum Gasteiger partial charge on any atom is 0.259 e. The molecule has 0 radical (unpaired) electrons. The Kier molecular flexibility index (Phi) is 6.31. The van der Waals surface area contributed by atoms with Crippen molar-refractivity contribution in [2.75, 3.05) is 12.4 Å². The largest absolute Gasteiger partial charge is 0.494 e. The highest BCUT2D eigenvalue weighted by atomic mass is 35.5. The molecule has 1 aliphatic carbocycles. The number of anilines is 1. The van der Waals surface area contributed by atoms with Gasteiger partial charge in [-0.1, -0.05) is 42.2 Å². The van der Waals surface area contributed by atoms with Gasteiger partial charge in [0.1, 0.15) is 16.4 Å². The van der Waals surface area contributed by atoms with Crippen LogP contribution in [-0.2, 0) is 0 Å². The molecule has 1 saturated carbocycles. The Labute approximate surface area is 165 Å². The van der Waals surface area contributed by atoms with Crippen LogP contribution in [0, 0.1) is 6.92 Å². The van der Waals surface area contributed by atoms with Crippen molar-refractivity contribution < 1.29 is 9.53 Å². The van der Waals surface area contributed by atoms with Gasteiger partial charge in [0.05, 0.1) is 18.9 Å². The van der Waals surface area contributed by atoms with Crippen molar-refractivity contribution in [3.8, 4) is 16.9 Å².